The van der Waals surface area contributed by atoms with Crippen molar-refractivity contribution in [3.63, 3.8) is 0 Å². The van der Waals surface area contributed by atoms with Crippen molar-refractivity contribution in [1.82, 2.24) is 0 Å². The molecule has 20 heavy (non-hydrogen) atoms. The van der Waals surface area contributed by atoms with Crippen molar-refractivity contribution in [3.05, 3.63) is 23.8 Å². The minimum Gasteiger partial charge on any atom is -0.399 e. The number of methoxy groups -OCH3 is 1. The Bertz CT molecular complexity index is 412. The van der Waals surface area contributed by atoms with Gasteiger partial charge in [0.2, 0.25) is 0 Å². The molecule has 2 rings (SSSR count). The van der Waals surface area contributed by atoms with Gasteiger partial charge >= 0.3 is 0 Å². The average Bonchev–Trinajstić information content (AvgIpc) is 2.84. The second kappa shape index (κ2) is 8.09. The van der Waals surface area contributed by atoms with Crippen molar-refractivity contribution in [2.45, 2.75) is 6.42 Å². The van der Waals surface area contributed by atoms with Crippen LogP contribution in [0.2, 0.25) is 0 Å². The molecule has 1 aliphatic rings. The Morgan fingerprint density at radius 3 is 2.65 bits per heavy atom. The monoisotopic (exact) mass is 280 g/mol. The normalized spacial score (nSPS) is 13.8. The lowest BCUT2D eigenvalue weighted by Crippen LogP contribution is -2.25. The molecule has 0 saturated heterocycles. The Morgan fingerprint density at radius 1 is 1.10 bits per heavy atom. The first-order valence-electron chi connectivity index (χ1n) is 7.09. The predicted molar refractivity (Wildman–Crippen MR) is 80.3 cm³/mol. The second-order valence-corrected chi connectivity index (χ2v) is 4.84. The van der Waals surface area contributed by atoms with Crippen LogP contribution in [0.4, 0.5) is 11.4 Å². The third-order valence-corrected chi connectivity index (χ3v) is 3.41. The predicted octanol–water partition coefficient (Wildman–Crippen LogP) is 1.31. The largest absolute Gasteiger partial charge is 0.399 e. The first kappa shape index (κ1) is 15.1. The molecule has 1 aromatic carbocycles. The number of hydrogen-bond donors (Lipinski definition) is 1. The second-order valence-electron chi connectivity index (χ2n) is 4.84. The summed E-state index contributed by atoms with van der Waals surface area (Å²) >= 11 is 0. The van der Waals surface area contributed by atoms with Crippen LogP contribution in [0.5, 0.6) is 0 Å². The summed E-state index contributed by atoms with van der Waals surface area (Å²) in [7, 11) is 1.67. The summed E-state index contributed by atoms with van der Waals surface area (Å²) < 4.78 is 15.8. The molecule has 0 bridgehead atoms. The number of ether oxygens (including phenoxy) is 3. The average molecular weight is 280 g/mol. The molecule has 5 heteroatoms. The van der Waals surface area contributed by atoms with E-state index < -0.39 is 0 Å². The molecule has 0 atom stereocenters. The molecule has 1 aliphatic heterocycles. The van der Waals surface area contributed by atoms with Crippen LogP contribution in [-0.2, 0) is 20.6 Å². The number of fused-ring (bicyclic) bond motifs is 1. The van der Waals surface area contributed by atoms with E-state index in [9.17, 15) is 0 Å². The Kier molecular flexibility index (Phi) is 6.11. The van der Waals surface area contributed by atoms with Gasteiger partial charge < -0.3 is 24.8 Å². The van der Waals surface area contributed by atoms with E-state index >= 15 is 0 Å². The minimum absolute atomic E-state index is 0.618. The van der Waals surface area contributed by atoms with Crippen LogP contribution in [-0.4, -0.2) is 53.2 Å². The summed E-state index contributed by atoms with van der Waals surface area (Å²) in [4.78, 5) is 2.33. The Balaban J connectivity index is 1.61. The summed E-state index contributed by atoms with van der Waals surface area (Å²) in [6.07, 6.45) is 1.09. The van der Waals surface area contributed by atoms with Gasteiger partial charge in [-0.15, -0.1) is 0 Å². The van der Waals surface area contributed by atoms with Gasteiger partial charge in [0, 0.05) is 31.6 Å². The summed E-state index contributed by atoms with van der Waals surface area (Å²) in [5.74, 6) is 0. The van der Waals surface area contributed by atoms with Gasteiger partial charge in [0.1, 0.15) is 0 Å². The molecule has 0 amide bonds. The number of hydrogen-bond acceptors (Lipinski definition) is 5. The zero-order valence-electron chi connectivity index (χ0n) is 12.1. The van der Waals surface area contributed by atoms with E-state index in [2.05, 4.69) is 17.0 Å². The fraction of sp³-hybridized carbons (Fsp3) is 0.600. The molecule has 0 radical (unpaired) electrons. The Hall–Kier alpha value is -1.30. The zero-order chi connectivity index (χ0) is 14.2. The summed E-state index contributed by atoms with van der Waals surface area (Å²) in [5.41, 5.74) is 9.30. The van der Waals surface area contributed by atoms with Crippen LogP contribution in [0.15, 0.2) is 18.2 Å². The smallest absolute Gasteiger partial charge is 0.0701 e. The van der Waals surface area contributed by atoms with E-state index in [4.69, 9.17) is 19.9 Å². The molecule has 0 spiro atoms. The van der Waals surface area contributed by atoms with Gasteiger partial charge in [-0.2, -0.15) is 0 Å². The molecule has 1 heterocycles. The lowest BCUT2D eigenvalue weighted by molar-refractivity contribution is 0.0265. The van der Waals surface area contributed by atoms with Crippen molar-refractivity contribution in [3.8, 4) is 0 Å². The van der Waals surface area contributed by atoms with E-state index in [1.54, 1.807) is 7.11 Å². The van der Waals surface area contributed by atoms with Gasteiger partial charge in [0.15, 0.2) is 0 Å². The van der Waals surface area contributed by atoms with E-state index in [1.807, 2.05) is 6.07 Å². The Morgan fingerprint density at radius 2 is 1.85 bits per heavy atom. The number of nitrogens with two attached hydrogens (primary N) is 1. The standard InChI is InChI=1S/C15H24N2O3/c1-18-8-9-20-11-10-19-7-6-17-5-4-13-2-3-14(16)12-15(13)17/h2-3,12H,4-11,16H2,1H3. The fourth-order valence-electron chi connectivity index (χ4n) is 2.33. The molecule has 0 unspecified atom stereocenters. The highest BCUT2D eigenvalue weighted by Gasteiger charge is 2.18. The summed E-state index contributed by atoms with van der Waals surface area (Å²) in [6.45, 7) is 5.15. The maximum atomic E-state index is 5.84. The lowest BCUT2D eigenvalue weighted by Gasteiger charge is -2.19. The van der Waals surface area contributed by atoms with Crippen LogP contribution in [0.1, 0.15) is 5.56 Å². The number of nitrogen functional groups attached to an aromatic ring is 1. The van der Waals surface area contributed by atoms with Gasteiger partial charge in [-0.1, -0.05) is 6.07 Å². The number of nitrogens with zero attached hydrogens (tertiary/aromatic N) is 1. The molecule has 0 aromatic heterocycles. The minimum atomic E-state index is 0.618. The van der Waals surface area contributed by atoms with Crippen molar-refractivity contribution < 1.29 is 14.2 Å². The SMILES string of the molecule is COCCOCCOCCN1CCc2ccc(N)cc21. The van der Waals surface area contributed by atoms with Crippen LogP contribution < -0.4 is 10.6 Å². The topological polar surface area (TPSA) is 57.0 Å². The quantitative estimate of drug-likeness (QED) is 0.546. The molecule has 1 aromatic rings. The highest BCUT2D eigenvalue weighted by atomic mass is 16.5. The van der Waals surface area contributed by atoms with Gasteiger partial charge in [0.25, 0.3) is 0 Å². The van der Waals surface area contributed by atoms with Crippen LogP contribution in [0, 0.1) is 0 Å². The summed E-state index contributed by atoms with van der Waals surface area (Å²) in [6, 6.07) is 6.14. The highest BCUT2D eigenvalue weighted by Crippen LogP contribution is 2.29. The van der Waals surface area contributed by atoms with Crippen LogP contribution >= 0.6 is 0 Å². The van der Waals surface area contributed by atoms with Crippen molar-refractivity contribution in [2.24, 2.45) is 0 Å². The third kappa shape index (κ3) is 4.37. The van der Waals surface area contributed by atoms with E-state index in [1.165, 1.54) is 11.3 Å². The molecule has 112 valence electrons. The summed E-state index contributed by atoms with van der Waals surface area (Å²) in [5, 5.41) is 0. The fourth-order valence-corrected chi connectivity index (χ4v) is 2.33. The zero-order valence-corrected chi connectivity index (χ0v) is 12.1. The molecule has 2 N–H and O–H groups in total. The highest BCUT2D eigenvalue weighted by molar-refractivity contribution is 5.64. The van der Waals surface area contributed by atoms with Gasteiger partial charge in [-0.3, -0.25) is 0 Å². The van der Waals surface area contributed by atoms with Gasteiger partial charge in [0.05, 0.1) is 33.0 Å². The maximum absolute atomic E-state index is 5.84. The van der Waals surface area contributed by atoms with Crippen LogP contribution in [0.25, 0.3) is 0 Å². The molecular formula is C15H24N2O3. The molecule has 5 nitrogen and oxygen atoms in total. The van der Waals surface area contributed by atoms with E-state index in [0.717, 1.165) is 25.2 Å². The number of benzene rings is 1. The number of rotatable bonds is 9. The maximum Gasteiger partial charge on any atom is 0.0701 e. The molecule has 0 fully saturated rings. The van der Waals surface area contributed by atoms with Crippen molar-refractivity contribution in [2.75, 3.05) is 63.9 Å². The van der Waals surface area contributed by atoms with E-state index in [0.29, 0.717) is 33.0 Å². The first-order valence-corrected chi connectivity index (χ1v) is 7.09. The van der Waals surface area contributed by atoms with E-state index in [-0.39, 0.29) is 0 Å². The third-order valence-electron chi connectivity index (χ3n) is 3.41. The molecule has 0 saturated carbocycles. The van der Waals surface area contributed by atoms with Crippen LogP contribution in [0.3, 0.4) is 0 Å². The van der Waals surface area contributed by atoms with Crippen molar-refractivity contribution in [1.29, 1.82) is 0 Å². The first-order chi connectivity index (χ1) is 9.81. The van der Waals surface area contributed by atoms with Gasteiger partial charge in [-0.25, -0.2) is 0 Å². The Labute approximate surface area is 120 Å². The van der Waals surface area contributed by atoms with Gasteiger partial charge in [-0.05, 0) is 24.1 Å². The molecule has 0 aliphatic carbocycles. The lowest BCUT2D eigenvalue weighted by atomic mass is 10.1. The molecular weight excluding hydrogens is 256 g/mol. The number of anilines is 2. The van der Waals surface area contributed by atoms with Crippen molar-refractivity contribution >= 4 is 11.4 Å².